The number of hydrogen-bond acceptors (Lipinski definition) is 3. The van der Waals surface area contributed by atoms with Gasteiger partial charge in [-0.3, -0.25) is 4.68 Å². The molecule has 86 valence electrons. The fraction of sp³-hybridized carbons (Fsp3) is 0.167. The molecule has 5 heteroatoms. The maximum atomic E-state index is 9.01. The summed E-state index contributed by atoms with van der Waals surface area (Å²) in [5.74, 6) is 0.797. The second kappa shape index (κ2) is 5.26. The van der Waals surface area contributed by atoms with E-state index in [0.29, 0.717) is 5.56 Å². The molecule has 3 nitrogen and oxygen atoms in total. The zero-order valence-electron chi connectivity index (χ0n) is 9.22. The van der Waals surface area contributed by atoms with E-state index in [4.69, 9.17) is 16.9 Å². The number of halogens is 1. The molecular weight excluding hydrogens is 254 g/mol. The van der Waals surface area contributed by atoms with Crippen LogP contribution >= 0.6 is 23.4 Å². The number of aryl methyl sites for hydroxylation is 1. The average molecular weight is 264 g/mol. The largest absolute Gasteiger partial charge is 0.259 e. The van der Waals surface area contributed by atoms with Crippen molar-refractivity contribution in [2.75, 3.05) is 0 Å². The van der Waals surface area contributed by atoms with Crippen molar-refractivity contribution >= 4 is 23.4 Å². The van der Waals surface area contributed by atoms with Crippen LogP contribution in [-0.2, 0) is 12.8 Å². The fourth-order valence-corrected chi connectivity index (χ4v) is 2.77. The summed E-state index contributed by atoms with van der Waals surface area (Å²) >= 11 is 7.43. The molecule has 0 aliphatic rings. The molecular formula is C12H10ClN3S. The molecule has 0 N–H and O–H groups in total. The Morgan fingerprint density at radius 2 is 2.12 bits per heavy atom. The molecule has 0 bridgehead atoms. The van der Waals surface area contributed by atoms with Crippen molar-refractivity contribution in [2.45, 2.75) is 10.8 Å². The highest BCUT2D eigenvalue weighted by Crippen LogP contribution is 2.29. The van der Waals surface area contributed by atoms with Crippen LogP contribution in [0.1, 0.15) is 11.1 Å². The fourth-order valence-electron chi connectivity index (χ4n) is 1.46. The van der Waals surface area contributed by atoms with Gasteiger partial charge in [-0.1, -0.05) is 41.9 Å². The van der Waals surface area contributed by atoms with Crippen molar-refractivity contribution in [3.8, 4) is 6.07 Å². The normalized spacial score (nSPS) is 10.2. The Morgan fingerprint density at radius 1 is 1.41 bits per heavy atom. The van der Waals surface area contributed by atoms with Gasteiger partial charge in [0.1, 0.15) is 16.7 Å². The van der Waals surface area contributed by atoms with Gasteiger partial charge in [0.2, 0.25) is 0 Å². The van der Waals surface area contributed by atoms with Crippen LogP contribution in [0, 0.1) is 11.3 Å². The summed E-state index contributed by atoms with van der Waals surface area (Å²) in [4.78, 5) is 0. The molecule has 0 amide bonds. The maximum absolute atomic E-state index is 9.01. The van der Waals surface area contributed by atoms with Crippen molar-refractivity contribution in [1.29, 1.82) is 5.26 Å². The van der Waals surface area contributed by atoms with E-state index in [1.807, 2.05) is 18.2 Å². The summed E-state index contributed by atoms with van der Waals surface area (Å²) in [6.07, 6.45) is 0. The van der Waals surface area contributed by atoms with Crippen LogP contribution in [0.15, 0.2) is 35.4 Å². The van der Waals surface area contributed by atoms with Gasteiger partial charge in [0.15, 0.2) is 5.15 Å². The van der Waals surface area contributed by atoms with E-state index in [-0.39, 0.29) is 5.15 Å². The Bertz CT molecular complexity index is 557. The summed E-state index contributed by atoms with van der Waals surface area (Å²) in [5, 5.41) is 14.1. The molecule has 1 aromatic carbocycles. The monoisotopic (exact) mass is 263 g/mol. The minimum Gasteiger partial charge on any atom is -0.259 e. The molecule has 17 heavy (non-hydrogen) atoms. The van der Waals surface area contributed by atoms with Crippen LogP contribution in [-0.4, -0.2) is 9.78 Å². The maximum Gasteiger partial charge on any atom is 0.170 e. The van der Waals surface area contributed by atoms with Gasteiger partial charge in [-0.05, 0) is 5.56 Å². The molecule has 0 unspecified atom stereocenters. The second-order valence-corrected chi connectivity index (χ2v) is 4.80. The predicted octanol–water partition coefficient (Wildman–Crippen LogP) is 3.24. The van der Waals surface area contributed by atoms with E-state index in [0.717, 1.165) is 10.8 Å². The van der Waals surface area contributed by atoms with Crippen LogP contribution in [0.5, 0.6) is 0 Å². The van der Waals surface area contributed by atoms with E-state index >= 15 is 0 Å². The summed E-state index contributed by atoms with van der Waals surface area (Å²) < 4.78 is 1.65. The quantitative estimate of drug-likeness (QED) is 0.799. The van der Waals surface area contributed by atoms with Crippen molar-refractivity contribution < 1.29 is 0 Å². The van der Waals surface area contributed by atoms with Gasteiger partial charge in [-0.15, -0.1) is 11.8 Å². The number of hydrogen-bond donors (Lipinski definition) is 0. The van der Waals surface area contributed by atoms with E-state index in [1.54, 1.807) is 23.5 Å². The third kappa shape index (κ3) is 2.63. The van der Waals surface area contributed by atoms with E-state index < -0.39 is 0 Å². The lowest BCUT2D eigenvalue weighted by atomic mass is 10.2. The van der Waals surface area contributed by atoms with Gasteiger partial charge in [-0.25, -0.2) is 0 Å². The highest BCUT2D eigenvalue weighted by molar-refractivity contribution is 7.98. The molecule has 0 atom stereocenters. The highest BCUT2D eigenvalue weighted by atomic mass is 35.5. The molecule has 0 fully saturated rings. The standard InChI is InChI=1S/C12H10ClN3S/c1-16-12(10(7-14)11(13)15-16)17-8-9-5-3-2-4-6-9/h2-6H,8H2,1H3. The smallest absolute Gasteiger partial charge is 0.170 e. The minimum atomic E-state index is 0.269. The number of thioether (sulfide) groups is 1. The number of rotatable bonds is 3. The number of benzene rings is 1. The van der Waals surface area contributed by atoms with Crippen LogP contribution in [0.4, 0.5) is 0 Å². The van der Waals surface area contributed by atoms with Crippen LogP contribution in [0.3, 0.4) is 0 Å². The van der Waals surface area contributed by atoms with Crippen molar-refractivity contribution in [3.63, 3.8) is 0 Å². The second-order valence-electron chi connectivity index (χ2n) is 3.48. The van der Waals surface area contributed by atoms with Crippen LogP contribution < -0.4 is 0 Å². The molecule has 1 aromatic heterocycles. The van der Waals surface area contributed by atoms with Crippen LogP contribution in [0.2, 0.25) is 5.15 Å². The Labute approximate surface area is 109 Å². The summed E-state index contributed by atoms with van der Waals surface area (Å²) in [7, 11) is 1.79. The molecule has 0 saturated carbocycles. The first-order valence-corrected chi connectivity index (χ1v) is 6.38. The number of aromatic nitrogens is 2. The van der Waals surface area contributed by atoms with Gasteiger partial charge in [0, 0.05) is 12.8 Å². The topological polar surface area (TPSA) is 41.6 Å². The SMILES string of the molecule is Cn1nc(Cl)c(C#N)c1SCc1ccccc1. The lowest BCUT2D eigenvalue weighted by Gasteiger charge is -2.02. The Kier molecular flexibility index (Phi) is 3.72. The van der Waals surface area contributed by atoms with E-state index in [1.165, 1.54) is 5.56 Å². The van der Waals surface area contributed by atoms with Gasteiger partial charge >= 0.3 is 0 Å². The van der Waals surface area contributed by atoms with Crippen molar-refractivity contribution in [2.24, 2.45) is 7.05 Å². The first-order valence-electron chi connectivity index (χ1n) is 5.01. The zero-order valence-corrected chi connectivity index (χ0v) is 10.8. The third-order valence-corrected chi connectivity index (χ3v) is 3.77. The Hall–Kier alpha value is -1.44. The number of nitriles is 1. The predicted molar refractivity (Wildman–Crippen MR) is 68.9 cm³/mol. The molecule has 0 aliphatic carbocycles. The average Bonchev–Trinajstić information content (AvgIpc) is 2.62. The molecule has 0 radical (unpaired) electrons. The van der Waals surface area contributed by atoms with Gasteiger partial charge in [-0.2, -0.15) is 10.4 Å². The first kappa shape index (κ1) is 12.0. The summed E-state index contributed by atoms with van der Waals surface area (Å²) in [6, 6.07) is 12.2. The molecule has 2 aromatic rings. The molecule has 2 rings (SSSR count). The van der Waals surface area contributed by atoms with Gasteiger partial charge < -0.3 is 0 Å². The number of nitrogens with zero attached hydrogens (tertiary/aromatic N) is 3. The molecule has 0 spiro atoms. The van der Waals surface area contributed by atoms with Gasteiger partial charge in [0.25, 0.3) is 0 Å². The van der Waals surface area contributed by atoms with E-state index in [2.05, 4.69) is 23.3 Å². The first-order chi connectivity index (χ1) is 8.22. The lowest BCUT2D eigenvalue weighted by Crippen LogP contribution is -1.93. The highest BCUT2D eigenvalue weighted by Gasteiger charge is 2.14. The third-order valence-electron chi connectivity index (χ3n) is 2.28. The van der Waals surface area contributed by atoms with Crippen molar-refractivity contribution in [3.05, 3.63) is 46.6 Å². The Morgan fingerprint density at radius 3 is 2.76 bits per heavy atom. The zero-order chi connectivity index (χ0) is 12.3. The van der Waals surface area contributed by atoms with Crippen molar-refractivity contribution in [1.82, 2.24) is 9.78 Å². The minimum absolute atomic E-state index is 0.269. The lowest BCUT2D eigenvalue weighted by molar-refractivity contribution is 0.698. The van der Waals surface area contributed by atoms with Crippen LogP contribution in [0.25, 0.3) is 0 Å². The summed E-state index contributed by atoms with van der Waals surface area (Å²) in [5.41, 5.74) is 1.66. The van der Waals surface area contributed by atoms with Gasteiger partial charge in [0.05, 0.1) is 0 Å². The molecule has 1 heterocycles. The molecule has 0 aliphatic heterocycles. The molecule has 0 saturated heterocycles. The Balaban J connectivity index is 2.18. The summed E-state index contributed by atoms with van der Waals surface area (Å²) in [6.45, 7) is 0. The van der Waals surface area contributed by atoms with E-state index in [9.17, 15) is 0 Å².